The Morgan fingerprint density at radius 3 is 2.25 bits per heavy atom. The topological polar surface area (TPSA) is 80.5 Å². The maximum absolute atomic E-state index is 9.89. The number of nitrogens with zero attached hydrogens (tertiary/aromatic N) is 1. The van der Waals surface area contributed by atoms with Crippen LogP contribution in [0.1, 0.15) is 5.56 Å². The van der Waals surface area contributed by atoms with Gasteiger partial charge in [-0.1, -0.05) is 29.4 Å². The summed E-state index contributed by atoms with van der Waals surface area (Å²) in [6.45, 7) is 0.114. The molecule has 0 bridgehead atoms. The van der Waals surface area contributed by atoms with E-state index in [1.807, 2.05) is 30.3 Å². The van der Waals surface area contributed by atoms with Crippen molar-refractivity contribution in [2.45, 2.75) is 0 Å². The molecule has 126 valence electrons. The summed E-state index contributed by atoms with van der Waals surface area (Å²) in [6.07, 6.45) is 3.31. The van der Waals surface area contributed by atoms with Gasteiger partial charge < -0.3 is 24.5 Å². The average Bonchev–Trinajstić information content (AvgIpc) is 2.63. The molecule has 0 fully saturated rings. The van der Waals surface area contributed by atoms with Gasteiger partial charge in [-0.25, -0.2) is 0 Å². The second-order valence-electron chi connectivity index (χ2n) is 4.80. The maximum atomic E-state index is 9.89. The highest BCUT2D eigenvalue weighted by atomic mass is 16.5. The van der Waals surface area contributed by atoms with E-state index in [1.165, 1.54) is 14.2 Å². The SMILES string of the molecule is COc1cc(/C=C/C(COc2ccccc2)=N/O)cc(OC)c1O. The highest BCUT2D eigenvalue weighted by molar-refractivity contribution is 5.99. The number of methoxy groups -OCH3 is 2. The summed E-state index contributed by atoms with van der Waals surface area (Å²) in [4.78, 5) is 0. The summed E-state index contributed by atoms with van der Waals surface area (Å²) in [5.41, 5.74) is 1.05. The van der Waals surface area contributed by atoms with Crippen molar-refractivity contribution >= 4 is 11.8 Å². The van der Waals surface area contributed by atoms with Gasteiger partial charge in [-0.2, -0.15) is 0 Å². The molecule has 0 aliphatic heterocycles. The van der Waals surface area contributed by atoms with Gasteiger partial charge in [0.05, 0.1) is 14.2 Å². The average molecular weight is 329 g/mol. The second-order valence-corrected chi connectivity index (χ2v) is 4.80. The lowest BCUT2D eigenvalue weighted by atomic mass is 10.1. The third kappa shape index (κ3) is 4.42. The van der Waals surface area contributed by atoms with E-state index in [-0.39, 0.29) is 23.9 Å². The molecule has 0 unspecified atom stereocenters. The standard InChI is InChI=1S/C18H19NO5/c1-22-16-10-13(11-17(23-2)18(16)20)8-9-14(19-21)12-24-15-6-4-3-5-7-15/h3-11,20-21H,12H2,1-2H3/b9-8+,19-14-. The van der Waals surface area contributed by atoms with Gasteiger partial charge >= 0.3 is 0 Å². The van der Waals surface area contributed by atoms with Crippen LogP contribution in [0.4, 0.5) is 0 Å². The van der Waals surface area contributed by atoms with Crippen LogP contribution < -0.4 is 14.2 Å². The molecule has 0 spiro atoms. The van der Waals surface area contributed by atoms with Crippen molar-refractivity contribution in [3.63, 3.8) is 0 Å². The van der Waals surface area contributed by atoms with Crippen molar-refractivity contribution in [2.24, 2.45) is 5.16 Å². The van der Waals surface area contributed by atoms with Gasteiger partial charge in [0.25, 0.3) is 0 Å². The van der Waals surface area contributed by atoms with Crippen LogP contribution in [0, 0.1) is 0 Å². The molecule has 0 heterocycles. The van der Waals surface area contributed by atoms with Gasteiger partial charge in [0, 0.05) is 0 Å². The summed E-state index contributed by atoms with van der Waals surface area (Å²) < 4.78 is 15.7. The van der Waals surface area contributed by atoms with E-state index in [2.05, 4.69) is 5.16 Å². The molecule has 0 aliphatic rings. The predicted octanol–water partition coefficient (Wildman–Crippen LogP) is 3.33. The summed E-state index contributed by atoms with van der Waals surface area (Å²) >= 11 is 0. The molecule has 0 aromatic heterocycles. The lowest BCUT2D eigenvalue weighted by molar-refractivity contribution is 0.308. The van der Waals surface area contributed by atoms with Crippen molar-refractivity contribution in [1.29, 1.82) is 0 Å². The molecule has 2 aromatic carbocycles. The molecule has 6 nitrogen and oxygen atoms in total. The molecule has 0 amide bonds. The van der Waals surface area contributed by atoms with Crippen molar-refractivity contribution in [3.8, 4) is 23.0 Å². The first kappa shape index (κ1) is 17.2. The van der Waals surface area contributed by atoms with E-state index in [4.69, 9.17) is 19.4 Å². The molecule has 0 atom stereocenters. The van der Waals surface area contributed by atoms with E-state index in [1.54, 1.807) is 24.3 Å². The molecular formula is C18H19NO5. The Balaban J connectivity index is 2.10. The zero-order chi connectivity index (χ0) is 17.4. The summed E-state index contributed by atoms with van der Waals surface area (Å²) in [5, 5.41) is 22.2. The first-order chi connectivity index (χ1) is 11.7. The fourth-order valence-electron chi connectivity index (χ4n) is 1.99. The Morgan fingerprint density at radius 1 is 1.08 bits per heavy atom. The van der Waals surface area contributed by atoms with Crippen LogP contribution in [-0.2, 0) is 0 Å². The number of rotatable bonds is 7. The smallest absolute Gasteiger partial charge is 0.200 e. The number of para-hydroxylation sites is 1. The van der Waals surface area contributed by atoms with Crippen molar-refractivity contribution in [3.05, 3.63) is 54.1 Å². The molecule has 0 saturated heterocycles. The van der Waals surface area contributed by atoms with E-state index >= 15 is 0 Å². The van der Waals surface area contributed by atoms with Crippen LogP contribution in [-0.4, -0.2) is 36.9 Å². The third-order valence-electron chi connectivity index (χ3n) is 3.23. The van der Waals surface area contributed by atoms with Gasteiger partial charge in [-0.3, -0.25) is 0 Å². The highest BCUT2D eigenvalue weighted by Crippen LogP contribution is 2.37. The summed E-state index contributed by atoms with van der Waals surface area (Å²) in [7, 11) is 2.91. The zero-order valence-electron chi connectivity index (χ0n) is 13.5. The normalized spacial score (nSPS) is 11.5. The quantitative estimate of drug-likeness (QED) is 0.463. The van der Waals surface area contributed by atoms with Crippen LogP contribution in [0.15, 0.2) is 53.7 Å². The molecule has 2 N–H and O–H groups in total. The molecule has 24 heavy (non-hydrogen) atoms. The number of benzene rings is 2. The number of phenolic OH excluding ortho intramolecular Hbond substituents is 1. The van der Waals surface area contributed by atoms with E-state index in [9.17, 15) is 5.11 Å². The number of hydrogen-bond acceptors (Lipinski definition) is 6. The van der Waals surface area contributed by atoms with Gasteiger partial charge in [0.1, 0.15) is 18.1 Å². The largest absolute Gasteiger partial charge is 0.502 e. The maximum Gasteiger partial charge on any atom is 0.200 e. The Bertz CT molecular complexity index is 700. The van der Waals surface area contributed by atoms with E-state index in [0.29, 0.717) is 17.0 Å². The van der Waals surface area contributed by atoms with Crippen LogP contribution in [0.2, 0.25) is 0 Å². The number of ether oxygens (including phenoxy) is 3. The lowest BCUT2D eigenvalue weighted by Gasteiger charge is -2.09. The van der Waals surface area contributed by atoms with Gasteiger partial charge in [-0.05, 0) is 35.9 Å². The van der Waals surface area contributed by atoms with Crippen molar-refractivity contribution in [1.82, 2.24) is 0 Å². The highest BCUT2D eigenvalue weighted by Gasteiger charge is 2.10. The third-order valence-corrected chi connectivity index (χ3v) is 3.23. The molecule has 2 rings (SSSR count). The molecule has 0 aliphatic carbocycles. The minimum atomic E-state index is -0.0689. The van der Waals surface area contributed by atoms with Crippen molar-refractivity contribution in [2.75, 3.05) is 20.8 Å². The Hall–Kier alpha value is -3.15. The Labute approximate surface area is 140 Å². The fraction of sp³-hybridized carbons (Fsp3) is 0.167. The predicted molar refractivity (Wildman–Crippen MR) is 91.4 cm³/mol. The molecular weight excluding hydrogens is 310 g/mol. The van der Waals surface area contributed by atoms with E-state index < -0.39 is 0 Å². The molecule has 0 saturated carbocycles. The monoisotopic (exact) mass is 329 g/mol. The van der Waals surface area contributed by atoms with Gasteiger partial charge in [-0.15, -0.1) is 0 Å². The van der Waals surface area contributed by atoms with Crippen LogP contribution >= 0.6 is 0 Å². The summed E-state index contributed by atoms with van der Waals surface area (Å²) in [5.74, 6) is 1.19. The fourth-order valence-corrected chi connectivity index (χ4v) is 1.99. The molecule has 6 heteroatoms. The Morgan fingerprint density at radius 2 is 1.71 bits per heavy atom. The minimum Gasteiger partial charge on any atom is -0.502 e. The summed E-state index contributed by atoms with van der Waals surface area (Å²) in [6, 6.07) is 12.5. The second kappa shape index (κ2) is 8.47. The number of oxime groups is 1. The van der Waals surface area contributed by atoms with Gasteiger partial charge in [0.15, 0.2) is 11.5 Å². The Kier molecular flexibility index (Phi) is 6.08. The van der Waals surface area contributed by atoms with E-state index in [0.717, 1.165) is 0 Å². The van der Waals surface area contributed by atoms with Crippen LogP contribution in [0.5, 0.6) is 23.0 Å². The van der Waals surface area contributed by atoms with Gasteiger partial charge in [0.2, 0.25) is 5.75 Å². The lowest BCUT2D eigenvalue weighted by Crippen LogP contribution is -2.08. The number of phenols is 1. The van der Waals surface area contributed by atoms with Crippen LogP contribution in [0.3, 0.4) is 0 Å². The van der Waals surface area contributed by atoms with Crippen LogP contribution in [0.25, 0.3) is 6.08 Å². The minimum absolute atomic E-state index is 0.0689. The first-order valence-electron chi connectivity index (χ1n) is 7.19. The first-order valence-corrected chi connectivity index (χ1v) is 7.19. The molecule has 0 radical (unpaired) electrons. The molecule has 2 aromatic rings. The number of aromatic hydroxyl groups is 1. The van der Waals surface area contributed by atoms with Crippen molar-refractivity contribution < 1.29 is 24.5 Å². The zero-order valence-corrected chi connectivity index (χ0v) is 13.5. The number of hydrogen-bond donors (Lipinski definition) is 2.